The van der Waals surface area contributed by atoms with Gasteiger partial charge in [0, 0.05) is 6.54 Å². The Morgan fingerprint density at radius 1 is 1.35 bits per heavy atom. The van der Waals surface area contributed by atoms with Crippen LogP contribution in [0.1, 0.15) is 41.0 Å². The minimum absolute atomic E-state index is 0.0164. The molecule has 0 aliphatic rings. The fraction of sp³-hybridized carbons (Fsp3) is 0.923. The Balaban J connectivity index is 4.06. The molecule has 0 aromatic rings. The van der Waals surface area contributed by atoms with Gasteiger partial charge in [0.1, 0.15) is 0 Å². The summed E-state index contributed by atoms with van der Waals surface area (Å²) in [6.07, 6.45) is 0.902. The van der Waals surface area contributed by atoms with Gasteiger partial charge >= 0.3 is 0 Å². The van der Waals surface area contributed by atoms with E-state index in [1.807, 2.05) is 32.6 Å². The van der Waals surface area contributed by atoms with E-state index in [1.165, 1.54) is 0 Å². The molecule has 0 radical (unpaired) electrons. The molecule has 0 aliphatic heterocycles. The number of nitrogens with zero attached hydrogens (tertiary/aromatic N) is 1. The summed E-state index contributed by atoms with van der Waals surface area (Å²) in [5.74, 6) is 0.161. The molecule has 0 saturated carbocycles. The van der Waals surface area contributed by atoms with Crippen molar-refractivity contribution < 1.29 is 9.90 Å². The second-order valence-corrected chi connectivity index (χ2v) is 4.90. The predicted octanol–water partition coefficient (Wildman–Crippen LogP) is 1.24. The first-order chi connectivity index (χ1) is 7.87. The number of carbonyl (C=O) groups is 1. The summed E-state index contributed by atoms with van der Waals surface area (Å²) < 4.78 is 0. The Morgan fingerprint density at radius 3 is 2.29 bits per heavy atom. The highest BCUT2D eigenvalue weighted by atomic mass is 16.3. The van der Waals surface area contributed by atoms with Crippen molar-refractivity contribution in [3.8, 4) is 0 Å². The highest BCUT2D eigenvalue weighted by Gasteiger charge is 2.27. The molecule has 0 aliphatic carbocycles. The molecule has 0 aromatic carbocycles. The van der Waals surface area contributed by atoms with Crippen molar-refractivity contribution in [3.63, 3.8) is 0 Å². The molecule has 0 spiro atoms. The van der Waals surface area contributed by atoms with Crippen LogP contribution in [0, 0.1) is 5.92 Å². The standard InChI is InChI=1S/C13H28N2O2/c1-6-11(4)13(5,17)10-14-12(16)9-15(7-2)8-3/h11,17H,6-10H2,1-5H3,(H,14,16). The van der Waals surface area contributed by atoms with E-state index in [4.69, 9.17) is 0 Å². The van der Waals surface area contributed by atoms with Crippen LogP contribution in [-0.4, -0.2) is 47.7 Å². The van der Waals surface area contributed by atoms with Gasteiger partial charge in [-0.1, -0.05) is 34.1 Å². The van der Waals surface area contributed by atoms with E-state index < -0.39 is 5.60 Å². The van der Waals surface area contributed by atoms with Crippen molar-refractivity contribution in [2.45, 2.75) is 46.6 Å². The van der Waals surface area contributed by atoms with Gasteiger partial charge in [-0.3, -0.25) is 9.69 Å². The second kappa shape index (κ2) is 7.67. The van der Waals surface area contributed by atoms with Crippen LogP contribution < -0.4 is 5.32 Å². The molecule has 0 heterocycles. The average molecular weight is 244 g/mol. The molecule has 2 atom stereocenters. The first-order valence-electron chi connectivity index (χ1n) is 6.58. The monoisotopic (exact) mass is 244 g/mol. The van der Waals surface area contributed by atoms with Gasteiger partial charge < -0.3 is 10.4 Å². The zero-order valence-corrected chi connectivity index (χ0v) is 11.9. The van der Waals surface area contributed by atoms with Crippen LogP contribution in [0.5, 0.6) is 0 Å². The van der Waals surface area contributed by atoms with Crippen LogP contribution in [0.2, 0.25) is 0 Å². The highest BCUT2D eigenvalue weighted by Crippen LogP contribution is 2.18. The Labute approximate surface area is 105 Å². The number of hydrogen-bond acceptors (Lipinski definition) is 3. The fourth-order valence-corrected chi connectivity index (χ4v) is 1.60. The van der Waals surface area contributed by atoms with E-state index in [9.17, 15) is 9.90 Å². The lowest BCUT2D eigenvalue weighted by atomic mass is 9.89. The highest BCUT2D eigenvalue weighted by molar-refractivity contribution is 5.78. The molecular formula is C13H28N2O2. The van der Waals surface area contributed by atoms with Gasteiger partial charge in [0.25, 0.3) is 0 Å². The lowest BCUT2D eigenvalue weighted by Crippen LogP contribution is -2.47. The Hall–Kier alpha value is -0.610. The van der Waals surface area contributed by atoms with E-state index in [-0.39, 0.29) is 11.8 Å². The predicted molar refractivity (Wildman–Crippen MR) is 70.9 cm³/mol. The number of likely N-dealkylation sites (N-methyl/N-ethyl adjacent to an activating group) is 1. The minimum atomic E-state index is -0.826. The summed E-state index contributed by atoms with van der Waals surface area (Å²) in [6, 6.07) is 0. The quantitative estimate of drug-likeness (QED) is 0.675. The SMILES string of the molecule is CCC(C)C(C)(O)CNC(=O)CN(CC)CC. The smallest absolute Gasteiger partial charge is 0.234 e. The van der Waals surface area contributed by atoms with Crippen molar-refractivity contribution in [2.75, 3.05) is 26.2 Å². The summed E-state index contributed by atoms with van der Waals surface area (Å²) in [6.45, 7) is 12.3. The van der Waals surface area contributed by atoms with Crippen LogP contribution in [0.3, 0.4) is 0 Å². The second-order valence-electron chi connectivity index (χ2n) is 4.90. The number of aliphatic hydroxyl groups is 1. The number of amides is 1. The maximum Gasteiger partial charge on any atom is 0.234 e. The van der Waals surface area contributed by atoms with Crippen molar-refractivity contribution in [2.24, 2.45) is 5.92 Å². The largest absolute Gasteiger partial charge is 0.388 e. The Morgan fingerprint density at radius 2 is 1.88 bits per heavy atom. The lowest BCUT2D eigenvalue weighted by molar-refractivity contribution is -0.123. The molecule has 102 valence electrons. The summed E-state index contributed by atoms with van der Waals surface area (Å²) in [7, 11) is 0. The number of carbonyl (C=O) groups excluding carboxylic acids is 1. The molecule has 4 nitrogen and oxygen atoms in total. The molecule has 0 saturated heterocycles. The average Bonchev–Trinajstić information content (AvgIpc) is 2.32. The number of nitrogens with one attached hydrogen (secondary N) is 1. The fourth-order valence-electron chi connectivity index (χ4n) is 1.60. The van der Waals surface area contributed by atoms with Gasteiger partial charge in [0.15, 0.2) is 0 Å². The Kier molecular flexibility index (Phi) is 7.39. The molecule has 0 fully saturated rings. The van der Waals surface area contributed by atoms with Gasteiger partial charge in [-0.2, -0.15) is 0 Å². The van der Waals surface area contributed by atoms with Crippen molar-refractivity contribution in [3.05, 3.63) is 0 Å². The molecule has 0 rings (SSSR count). The minimum Gasteiger partial charge on any atom is -0.388 e. The van der Waals surface area contributed by atoms with Crippen LogP contribution >= 0.6 is 0 Å². The summed E-state index contributed by atoms with van der Waals surface area (Å²) >= 11 is 0. The first-order valence-corrected chi connectivity index (χ1v) is 6.58. The van der Waals surface area contributed by atoms with E-state index in [0.717, 1.165) is 19.5 Å². The van der Waals surface area contributed by atoms with Crippen LogP contribution in [0.4, 0.5) is 0 Å². The van der Waals surface area contributed by atoms with Crippen LogP contribution in [0.25, 0.3) is 0 Å². The maximum atomic E-state index is 11.7. The number of rotatable bonds is 8. The third kappa shape index (κ3) is 6.03. The number of hydrogen-bond donors (Lipinski definition) is 2. The zero-order valence-electron chi connectivity index (χ0n) is 11.9. The molecule has 2 unspecified atom stereocenters. The normalized spacial score (nSPS) is 16.6. The molecular weight excluding hydrogens is 216 g/mol. The summed E-state index contributed by atoms with van der Waals surface area (Å²) in [5, 5.41) is 13.0. The lowest BCUT2D eigenvalue weighted by Gasteiger charge is -2.30. The third-order valence-corrected chi connectivity index (χ3v) is 3.58. The summed E-state index contributed by atoms with van der Waals surface area (Å²) in [4.78, 5) is 13.7. The Bertz CT molecular complexity index is 225. The molecule has 2 N–H and O–H groups in total. The topological polar surface area (TPSA) is 52.6 Å². The van der Waals surface area contributed by atoms with E-state index >= 15 is 0 Å². The van der Waals surface area contributed by atoms with E-state index in [0.29, 0.717) is 13.1 Å². The van der Waals surface area contributed by atoms with Gasteiger partial charge in [-0.15, -0.1) is 0 Å². The van der Waals surface area contributed by atoms with Gasteiger partial charge in [-0.05, 0) is 25.9 Å². The first kappa shape index (κ1) is 16.4. The van der Waals surface area contributed by atoms with Crippen molar-refractivity contribution in [1.82, 2.24) is 10.2 Å². The zero-order chi connectivity index (χ0) is 13.5. The molecule has 17 heavy (non-hydrogen) atoms. The van der Waals surface area contributed by atoms with Crippen LogP contribution in [-0.2, 0) is 4.79 Å². The van der Waals surface area contributed by atoms with Gasteiger partial charge in [0.2, 0.25) is 5.91 Å². The van der Waals surface area contributed by atoms with E-state index in [1.54, 1.807) is 6.92 Å². The van der Waals surface area contributed by atoms with Gasteiger partial charge in [0.05, 0.1) is 12.1 Å². The third-order valence-electron chi connectivity index (χ3n) is 3.58. The molecule has 0 bridgehead atoms. The van der Waals surface area contributed by atoms with Crippen molar-refractivity contribution in [1.29, 1.82) is 0 Å². The van der Waals surface area contributed by atoms with Gasteiger partial charge in [-0.25, -0.2) is 0 Å². The van der Waals surface area contributed by atoms with Crippen molar-refractivity contribution >= 4 is 5.91 Å². The van der Waals surface area contributed by atoms with Crippen LogP contribution in [0.15, 0.2) is 0 Å². The molecule has 1 amide bonds. The maximum absolute atomic E-state index is 11.7. The molecule has 0 aromatic heterocycles. The molecule has 4 heteroatoms. The summed E-state index contributed by atoms with van der Waals surface area (Å²) in [5.41, 5.74) is -0.826. The van der Waals surface area contributed by atoms with E-state index in [2.05, 4.69) is 5.32 Å².